The number of amides is 1. The Bertz CT molecular complexity index is 1420. The van der Waals surface area contributed by atoms with Gasteiger partial charge in [-0.1, -0.05) is 24.8 Å². The third-order valence-corrected chi connectivity index (χ3v) is 6.73. The van der Waals surface area contributed by atoms with Crippen LogP contribution in [-0.2, 0) is 17.8 Å². The fourth-order valence-electron chi connectivity index (χ4n) is 4.03. The monoisotopic (exact) mass is 471 g/mol. The summed E-state index contributed by atoms with van der Waals surface area (Å²) in [7, 11) is 0. The first kappa shape index (κ1) is 22.1. The van der Waals surface area contributed by atoms with Crippen LogP contribution in [0.15, 0.2) is 47.5 Å². The number of carbonyl (C=O) groups is 1. The smallest absolute Gasteiger partial charge is 0.251 e. The molecule has 1 aliphatic rings. The molecule has 0 aliphatic carbocycles. The van der Waals surface area contributed by atoms with E-state index in [1.807, 2.05) is 48.1 Å². The lowest BCUT2D eigenvalue weighted by molar-refractivity contribution is -0.109. The highest BCUT2D eigenvalue weighted by molar-refractivity contribution is 7.07. The molecule has 0 saturated carbocycles. The van der Waals surface area contributed by atoms with E-state index in [1.54, 1.807) is 11.3 Å². The highest BCUT2D eigenvalue weighted by Crippen LogP contribution is 2.32. The molecule has 0 unspecified atom stereocenters. The molecular weight excluding hydrogens is 446 g/mol. The number of carbonyl (C=O) groups excluding carboxylic acids is 1. The highest BCUT2D eigenvalue weighted by atomic mass is 32.1. The maximum Gasteiger partial charge on any atom is 0.251 e. The van der Waals surface area contributed by atoms with Gasteiger partial charge in [-0.25, -0.2) is 9.97 Å². The molecular formula is C26H25N5O2S. The van der Waals surface area contributed by atoms with Crippen molar-refractivity contribution >= 4 is 34.1 Å². The summed E-state index contributed by atoms with van der Waals surface area (Å²) in [6.07, 6.45) is 3.46. The minimum absolute atomic E-state index is 0.0671. The molecule has 1 aromatic carbocycles. The lowest BCUT2D eigenvalue weighted by Gasteiger charge is -2.38. The number of nitrogens with one attached hydrogen (secondary N) is 1. The van der Waals surface area contributed by atoms with Crippen LogP contribution in [0.5, 0.6) is 0 Å². The van der Waals surface area contributed by atoms with Crippen LogP contribution in [0.3, 0.4) is 0 Å². The van der Waals surface area contributed by atoms with Gasteiger partial charge in [-0.15, -0.1) is 0 Å². The summed E-state index contributed by atoms with van der Waals surface area (Å²) in [6.45, 7) is 6.87. The van der Waals surface area contributed by atoms with E-state index in [0.29, 0.717) is 31.1 Å². The molecule has 1 fully saturated rings. The number of aromatic nitrogens is 3. The minimum Gasteiger partial charge on any atom is -0.383 e. The second-order valence-electron chi connectivity index (χ2n) is 9.03. The molecule has 4 heterocycles. The van der Waals surface area contributed by atoms with Crippen molar-refractivity contribution < 1.29 is 9.53 Å². The molecule has 1 amide bonds. The first-order valence-electron chi connectivity index (χ1n) is 11.0. The lowest BCUT2D eigenvalue weighted by Crippen LogP contribution is -2.43. The van der Waals surface area contributed by atoms with E-state index < -0.39 is 0 Å². The number of hydrogen-bond acceptors (Lipinski definition) is 6. The molecule has 0 radical (unpaired) electrons. The van der Waals surface area contributed by atoms with Crippen molar-refractivity contribution in [2.45, 2.75) is 26.9 Å². The van der Waals surface area contributed by atoms with E-state index in [0.717, 1.165) is 39.8 Å². The van der Waals surface area contributed by atoms with Crippen molar-refractivity contribution in [2.24, 2.45) is 5.41 Å². The SMILES string of the molecule is Cc1ccc(C(=O)NCc2ccsc2)cc1C#Cc1cn(CC2(C)COC2)c2ncnc(N)c12. The van der Waals surface area contributed by atoms with Gasteiger partial charge in [0.1, 0.15) is 17.8 Å². The molecule has 3 aromatic heterocycles. The zero-order chi connectivity index (χ0) is 23.7. The van der Waals surface area contributed by atoms with Crippen molar-refractivity contribution in [3.63, 3.8) is 0 Å². The summed E-state index contributed by atoms with van der Waals surface area (Å²) in [5.74, 6) is 6.77. The van der Waals surface area contributed by atoms with Crippen molar-refractivity contribution in [3.05, 3.63) is 75.4 Å². The third kappa shape index (κ3) is 4.40. The maximum atomic E-state index is 12.7. The summed E-state index contributed by atoms with van der Waals surface area (Å²) < 4.78 is 7.49. The number of hydrogen-bond donors (Lipinski definition) is 2. The number of rotatable bonds is 5. The second-order valence-corrected chi connectivity index (χ2v) is 9.81. The number of thiophene rings is 1. The molecule has 1 aliphatic heterocycles. The standard InChI is InChI=1S/C26H25N5O2S/c1-17-3-4-20(25(32)28-10-18-7-8-34-12-18)9-19(17)5-6-21-11-31(13-26(2)14-33-15-26)24-22(21)23(27)29-16-30-24/h3-4,7-9,11-12,16H,10,13-15H2,1-2H3,(H,28,32)(H2,27,29,30). The van der Waals surface area contributed by atoms with Gasteiger partial charge >= 0.3 is 0 Å². The van der Waals surface area contributed by atoms with Gasteiger partial charge in [0.2, 0.25) is 0 Å². The van der Waals surface area contributed by atoms with Gasteiger partial charge in [-0.2, -0.15) is 11.3 Å². The van der Waals surface area contributed by atoms with E-state index in [9.17, 15) is 4.79 Å². The van der Waals surface area contributed by atoms with Crippen LogP contribution in [0.2, 0.25) is 0 Å². The topological polar surface area (TPSA) is 95.1 Å². The molecule has 3 N–H and O–H groups in total. The Labute approximate surface area is 202 Å². The molecule has 1 saturated heterocycles. The fraction of sp³-hybridized carbons (Fsp3) is 0.269. The van der Waals surface area contributed by atoms with E-state index in [4.69, 9.17) is 10.5 Å². The molecule has 0 spiro atoms. The Kier molecular flexibility index (Phi) is 5.82. The van der Waals surface area contributed by atoms with E-state index in [1.165, 1.54) is 6.33 Å². The highest BCUT2D eigenvalue weighted by Gasteiger charge is 2.34. The number of anilines is 1. The van der Waals surface area contributed by atoms with E-state index in [2.05, 4.69) is 38.6 Å². The first-order chi connectivity index (χ1) is 16.4. The van der Waals surface area contributed by atoms with Crippen molar-refractivity contribution in [1.29, 1.82) is 0 Å². The summed E-state index contributed by atoms with van der Waals surface area (Å²) >= 11 is 1.61. The Morgan fingerprint density at radius 3 is 2.82 bits per heavy atom. The number of nitrogen functional groups attached to an aromatic ring is 1. The number of aryl methyl sites for hydroxylation is 1. The lowest BCUT2D eigenvalue weighted by atomic mass is 9.89. The van der Waals surface area contributed by atoms with Crippen LogP contribution in [0, 0.1) is 24.2 Å². The summed E-state index contributed by atoms with van der Waals surface area (Å²) in [5.41, 5.74) is 11.3. The maximum absolute atomic E-state index is 12.7. The van der Waals surface area contributed by atoms with Gasteiger partial charge in [0.15, 0.2) is 0 Å². The number of benzene rings is 1. The van der Waals surface area contributed by atoms with Crippen molar-refractivity contribution in [3.8, 4) is 11.8 Å². The van der Waals surface area contributed by atoms with Crippen LogP contribution >= 0.6 is 11.3 Å². The molecule has 4 aromatic rings. The van der Waals surface area contributed by atoms with Crippen molar-refractivity contribution in [1.82, 2.24) is 19.9 Å². The van der Waals surface area contributed by atoms with Crippen molar-refractivity contribution in [2.75, 3.05) is 18.9 Å². The second kappa shape index (κ2) is 8.93. The zero-order valence-electron chi connectivity index (χ0n) is 19.1. The van der Waals surface area contributed by atoms with Crippen LogP contribution in [0.25, 0.3) is 11.0 Å². The molecule has 8 heteroatoms. The Hall–Kier alpha value is -3.67. The number of nitrogens with two attached hydrogens (primary N) is 1. The van der Waals surface area contributed by atoms with E-state index >= 15 is 0 Å². The molecule has 34 heavy (non-hydrogen) atoms. The number of fused-ring (bicyclic) bond motifs is 1. The van der Waals surface area contributed by atoms with Gasteiger partial charge in [0.25, 0.3) is 5.91 Å². The van der Waals surface area contributed by atoms with Crippen LogP contribution in [-0.4, -0.2) is 33.7 Å². The molecule has 7 nitrogen and oxygen atoms in total. The van der Waals surface area contributed by atoms with Crippen LogP contribution in [0.4, 0.5) is 5.82 Å². The Morgan fingerprint density at radius 2 is 2.09 bits per heavy atom. The predicted octanol–water partition coefficient (Wildman–Crippen LogP) is 3.75. The van der Waals surface area contributed by atoms with Gasteiger partial charge in [0.05, 0.1) is 24.2 Å². The Balaban J connectivity index is 1.44. The average Bonchev–Trinajstić information content (AvgIpc) is 3.45. The van der Waals surface area contributed by atoms with Gasteiger partial charge in [-0.3, -0.25) is 4.79 Å². The molecule has 5 rings (SSSR count). The number of nitrogens with zero attached hydrogens (tertiary/aromatic N) is 3. The largest absolute Gasteiger partial charge is 0.383 e. The van der Waals surface area contributed by atoms with Crippen LogP contribution < -0.4 is 11.1 Å². The van der Waals surface area contributed by atoms with Gasteiger partial charge in [0, 0.05) is 35.8 Å². The zero-order valence-corrected chi connectivity index (χ0v) is 19.9. The average molecular weight is 472 g/mol. The van der Waals surface area contributed by atoms with Gasteiger partial charge in [-0.05, 0) is 47.0 Å². The normalized spacial score (nSPS) is 14.3. The third-order valence-electron chi connectivity index (χ3n) is 6.00. The molecule has 0 atom stereocenters. The fourth-order valence-corrected chi connectivity index (χ4v) is 4.69. The predicted molar refractivity (Wildman–Crippen MR) is 134 cm³/mol. The summed E-state index contributed by atoms with van der Waals surface area (Å²) in [4.78, 5) is 21.3. The summed E-state index contributed by atoms with van der Waals surface area (Å²) in [5, 5.41) is 7.73. The molecule has 0 bridgehead atoms. The van der Waals surface area contributed by atoms with Gasteiger partial charge < -0.3 is 20.4 Å². The quantitative estimate of drug-likeness (QED) is 0.432. The minimum atomic E-state index is -0.126. The number of ether oxygens (including phenoxy) is 1. The van der Waals surface area contributed by atoms with Crippen LogP contribution in [0.1, 0.15) is 39.5 Å². The Morgan fingerprint density at radius 1 is 1.26 bits per heavy atom. The summed E-state index contributed by atoms with van der Waals surface area (Å²) in [6, 6.07) is 7.57. The first-order valence-corrected chi connectivity index (χ1v) is 12.0. The molecule has 172 valence electrons. The van der Waals surface area contributed by atoms with E-state index in [-0.39, 0.29) is 11.3 Å².